The molecular weight excluding hydrogens is 326 g/mol. The molecule has 1 heterocycles. The van der Waals surface area contributed by atoms with Gasteiger partial charge >= 0.3 is 0 Å². The van der Waals surface area contributed by atoms with Crippen molar-refractivity contribution >= 4 is 29.1 Å². The molecule has 124 valence electrons. The zero-order chi connectivity index (χ0) is 17.1. The lowest BCUT2D eigenvalue weighted by Crippen LogP contribution is -2.44. The number of primary amides is 1. The molecule has 2 amide bonds. The van der Waals surface area contributed by atoms with Gasteiger partial charge in [-0.3, -0.25) is 14.9 Å². The fraction of sp³-hybridized carbons (Fsp3) is 0.222. The van der Waals surface area contributed by atoms with E-state index in [1.165, 1.54) is 0 Å². The Labute approximate surface area is 145 Å². The summed E-state index contributed by atoms with van der Waals surface area (Å²) in [6, 6.07) is 15.2. The Bertz CT molecular complexity index is 734. The number of anilines is 1. The fourth-order valence-electron chi connectivity index (χ4n) is 2.90. The average molecular weight is 344 g/mol. The lowest BCUT2D eigenvalue weighted by atomic mass is 10.0. The first-order chi connectivity index (χ1) is 11.6. The zero-order valence-corrected chi connectivity index (χ0v) is 13.7. The number of hydrogen-bond acceptors (Lipinski definition) is 3. The number of amides is 2. The Kier molecular flexibility index (Phi) is 4.83. The van der Waals surface area contributed by atoms with Crippen molar-refractivity contribution in [2.75, 3.05) is 11.4 Å². The minimum atomic E-state index is -0.690. The molecule has 2 aromatic carbocycles. The van der Waals surface area contributed by atoms with Crippen LogP contribution in [0.25, 0.3) is 0 Å². The van der Waals surface area contributed by atoms with E-state index in [0.29, 0.717) is 18.0 Å². The molecule has 0 radical (unpaired) electrons. The van der Waals surface area contributed by atoms with Crippen LogP contribution in [0.2, 0.25) is 5.02 Å². The molecule has 3 N–H and O–H groups in total. The first kappa shape index (κ1) is 16.5. The van der Waals surface area contributed by atoms with Crippen molar-refractivity contribution < 1.29 is 9.59 Å². The van der Waals surface area contributed by atoms with E-state index < -0.39 is 18.0 Å². The quantitative estimate of drug-likeness (QED) is 0.874. The number of halogens is 1. The molecule has 0 spiro atoms. The van der Waals surface area contributed by atoms with Crippen LogP contribution in [0.3, 0.4) is 0 Å². The monoisotopic (exact) mass is 343 g/mol. The maximum Gasteiger partial charge on any atom is 0.244 e. The van der Waals surface area contributed by atoms with Gasteiger partial charge in [0.15, 0.2) is 0 Å². The summed E-state index contributed by atoms with van der Waals surface area (Å²) >= 11 is 5.89. The van der Waals surface area contributed by atoms with E-state index in [4.69, 9.17) is 17.3 Å². The highest BCUT2D eigenvalue weighted by atomic mass is 35.5. The van der Waals surface area contributed by atoms with Crippen LogP contribution in [0.15, 0.2) is 54.6 Å². The van der Waals surface area contributed by atoms with Gasteiger partial charge in [-0.1, -0.05) is 41.9 Å². The van der Waals surface area contributed by atoms with E-state index in [2.05, 4.69) is 5.32 Å². The highest BCUT2D eigenvalue weighted by Crippen LogP contribution is 2.25. The maximum atomic E-state index is 12.7. The second kappa shape index (κ2) is 7.03. The van der Waals surface area contributed by atoms with Crippen molar-refractivity contribution in [3.05, 3.63) is 65.2 Å². The van der Waals surface area contributed by atoms with E-state index in [9.17, 15) is 9.59 Å². The van der Waals surface area contributed by atoms with Gasteiger partial charge in [0.25, 0.3) is 0 Å². The molecule has 24 heavy (non-hydrogen) atoms. The number of nitrogens with zero attached hydrogens (tertiary/aromatic N) is 1. The van der Waals surface area contributed by atoms with Crippen molar-refractivity contribution in [3.63, 3.8) is 0 Å². The Morgan fingerprint density at radius 3 is 2.46 bits per heavy atom. The highest BCUT2D eigenvalue weighted by Gasteiger charge is 2.35. The Hall–Kier alpha value is -2.37. The van der Waals surface area contributed by atoms with Crippen LogP contribution in [0.4, 0.5) is 5.69 Å². The van der Waals surface area contributed by atoms with Crippen molar-refractivity contribution in [2.24, 2.45) is 5.73 Å². The molecule has 1 fully saturated rings. The van der Waals surface area contributed by atoms with Gasteiger partial charge in [-0.05, 0) is 36.2 Å². The Morgan fingerprint density at radius 2 is 1.83 bits per heavy atom. The minimum absolute atomic E-state index is 0.0699. The highest BCUT2D eigenvalue weighted by molar-refractivity contribution is 6.30. The number of rotatable bonds is 5. The van der Waals surface area contributed by atoms with Crippen molar-refractivity contribution in [3.8, 4) is 0 Å². The van der Waals surface area contributed by atoms with Gasteiger partial charge in [0.1, 0.15) is 6.04 Å². The number of hydrogen-bond donors (Lipinski definition) is 2. The third-order valence-electron chi connectivity index (χ3n) is 4.13. The second-order valence-corrected chi connectivity index (χ2v) is 6.16. The first-order valence-corrected chi connectivity index (χ1v) is 8.11. The zero-order valence-electron chi connectivity index (χ0n) is 13.0. The smallest absolute Gasteiger partial charge is 0.244 e. The van der Waals surface area contributed by atoms with Crippen LogP contribution in [-0.4, -0.2) is 24.4 Å². The van der Waals surface area contributed by atoms with Crippen LogP contribution in [-0.2, 0) is 9.59 Å². The summed E-state index contributed by atoms with van der Waals surface area (Å²) in [7, 11) is 0. The summed E-state index contributed by atoms with van der Waals surface area (Å²) in [5, 5.41) is 3.72. The summed E-state index contributed by atoms with van der Waals surface area (Å²) < 4.78 is 0. The number of benzene rings is 2. The van der Waals surface area contributed by atoms with Gasteiger partial charge < -0.3 is 10.6 Å². The Morgan fingerprint density at radius 1 is 1.17 bits per heavy atom. The van der Waals surface area contributed by atoms with Crippen LogP contribution in [0, 0.1) is 0 Å². The molecule has 0 aliphatic carbocycles. The van der Waals surface area contributed by atoms with E-state index in [0.717, 1.165) is 11.3 Å². The third-order valence-corrected chi connectivity index (χ3v) is 4.38. The van der Waals surface area contributed by atoms with Crippen molar-refractivity contribution in [2.45, 2.75) is 18.5 Å². The summed E-state index contributed by atoms with van der Waals surface area (Å²) in [6.07, 6.45) is 0.609. The molecule has 0 bridgehead atoms. The van der Waals surface area contributed by atoms with E-state index in [1.807, 2.05) is 42.5 Å². The maximum absolute atomic E-state index is 12.7. The normalized spacial score (nSPS) is 18.6. The third kappa shape index (κ3) is 3.42. The SMILES string of the molecule is NC(=O)[C@H](N[C@H]1CCN(c2ccc(Cl)cc2)C1=O)c1ccccc1. The molecule has 3 rings (SSSR count). The van der Waals surface area contributed by atoms with Crippen LogP contribution < -0.4 is 16.0 Å². The largest absolute Gasteiger partial charge is 0.368 e. The molecule has 2 atom stereocenters. The number of nitrogens with one attached hydrogen (secondary N) is 1. The van der Waals surface area contributed by atoms with Gasteiger partial charge in [0, 0.05) is 17.3 Å². The molecule has 0 unspecified atom stereocenters. The van der Waals surface area contributed by atoms with Crippen LogP contribution in [0.5, 0.6) is 0 Å². The lowest BCUT2D eigenvalue weighted by Gasteiger charge is -2.21. The minimum Gasteiger partial charge on any atom is -0.368 e. The summed E-state index contributed by atoms with van der Waals surface area (Å²) in [5.41, 5.74) is 7.06. The molecule has 1 aliphatic rings. The molecule has 0 saturated carbocycles. The predicted molar refractivity (Wildman–Crippen MR) is 93.7 cm³/mol. The molecule has 2 aromatic rings. The van der Waals surface area contributed by atoms with Crippen LogP contribution in [0.1, 0.15) is 18.0 Å². The number of nitrogens with two attached hydrogens (primary N) is 1. The molecule has 5 nitrogen and oxygen atoms in total. The van der Waals surface area contributed by atoms with Gasteiger partial charge in [0.2, 0.25) is 11.8 Å². The molecule has 1 saturated heterocycles. The lowest BCUT2D eigenvalue weighted by molar-refractivity contribution is -0.121. The number of carbonyl (C=O) groups excluding carboxylic acids is 2. The number of carbonyl (C=O) groups is 2. The topological polar surface area (TPSA) is 75.4 Å². The summed E-state index contributed by atoms with van der Waals surface area (Å²) in [5.74, 6) is -0.571. The van der Waals surface area contributed by atoms with Crippen molar-refractivity contribution in [1.29, 1.82) is 0 Å². The molecular formula is C18H18ClN3O2. The van der Waals surface area contributed by atoms with Gasteiger partial charge in [-0.2, -0.15) is 0 Å². The van der Waals surface area contributed by atoms with E-state index in [-0.39, 0.29) is 5.91 Å². The van der Waals surface area contributed by atoms with E-state index >= 15 is 0 Å². The van der Waals surface area contributed by atoms with Crippen molar-refractivity contribution in [1.82, 2.24) is 5.32 Å². The first-order valence-electron chi connectivity index (χ1n) is 7.73. The standard InChI is InChI=1S/C18H18ClN3O2/c19-13-6-8-14(9-7-13)22-11-10-15(18(22)24)21-16(17(20)23)12-4-2-1-3-5-12/h1-9,15-16,21H,10-11H2,(H2,20,23)/t15-,16+/m0/s1. The van der Waals surface area contributed by atoms with E-state index in [1.54, 1.807) is 17.0 Å². The van der Waals surface area contributed by atoms with Gasteiger partial charge in [-0.15, -0.1) is 0 Å². The summed E-state index contributed by atoms with van der Waals surface area (Å²) in [4.78, 5) is 26.2. The molecule has 0 aromatic heterocycles. The Balaban J connectivity index is 1.75. The van der Waals surface area contributed by atoms with Crippen LogP contribution >= 0.6 is 11.6 Å². The molecule has 1 aliphatic heterocycles. The average Bonchev–Trinajstić information content (AvgIpc) is 2.94. The second-order valence-electron chi connectivity index (χ2n) is 5.72. The molecule has 6 heteroatoms. The predicted octanol–water partition coefficient (Wildman–Crippen LogP) is 2.26. The van der Waals surface area contributed by atoms with Gasteiger partial charge in [0.05, 0.1) is 6.04 Å². The van der Waals surface area contributed by atoms with Gasteiger partial charge in [-0.25, -0.2) is 0 Å². The fourth-order valence-corrected chi connectivity index (χ4v) is 3.03. The summed E-state index contributed by atoms with van der Waals surface area (Å²) in [6.45, 7) is 0.582.